The minimum absolute atomic E-state index is 0.0543. The fraction of sp³-hybridized carbons (Fsp3) is 0.312. The summed E-state index contributed by atoms with van der Waals surface area (Å²) in [6.45, 7) is 4.59. The first kappa shape index (κ1) is 15.0. The molecule has 0 aliphatic heterocycles. The van der Waals surface area contributed by atoms with Gasteiger partial charge in [0.1, 0.15) is 0 Å². The van der Waals surface area contributed by atoms with Crippen LogP contribution in [0.4, 0.5) is 0 Å². The first-order valence-corrected chi connectivity index (χ1v) is 6.91. The van der Waals surface area contributed by atoms with Gasteiger partial charge in [-0.05, 0) is 25.5 Å². The van der Waals surface area contributed by atoms with E-state index in [0.29, 0.717) is 19.5 Å². The van der Waals surface area contributed by atoms with Crippen molar-refractivity contribution in [3.63, 3.8) is 0 Å². The number of rotatable bonds is 5. The molecular weight excluding hydrogens is 266 g/mol. The van der Waals surface area contributed by atoms with Crippen LogP contribution in [0.15, 0.2) is 41.2 Å². The van der Waals surface area contributed by atoms with E-state index in [9.17, 15) is 9.59 Å². The molecular formula is C16H19N3O2. The van der Waals surface area contributed by atoms with Gasteiger partial charge in [-0.2, -0.15) is 5.10 Å². The predicted molar refractivity (Wildman–Crippen MR) is 81.1 cm³/mol. The van der Waals surface area contributed by atoms with Crippen molar-refractivity contribution in [3.8, 4) is 0 Å². The van der Waals surface area contributed by atoms with E-state index in [0.717, 1.165) is 16.8 Å². The molecule has 1 aromatic carbocycles. The third-order valence-corrected chi connectivity index (χ3v) is 3.09. The largest absolute Gasteiger partial charge is 0.354 e. The van der Waals surface area contributed by atoms with Gasteiger partial charge in [0.05, 0.1) is 18.7 Å². The van der Waals surface area contributed by atoms with Gasteiger partial charge in [0.2, 0.25) is 5.91 Å². The number of nitrogens with zero attached hydrogens (tertiary/aromatic N) is 2. The van der Waals surface area contributed by atoms with Gasteiger partial charge in [-0.1, -0.05) is 29.8 Å². The number of nitrogens with one attached hydrogen (secondary N) is 1. The lowest BCUT2D eigenvalue weighted by Gasteiger charge is -2.07. The average molecular weight is 285 g/mol. The van der Waals surface area contributed by atoms with E-state index < -0.39 is 0 Å². The zero-order valence-electron chi connectivity index (χ0n) is 12.3. The summed E-state index contributed by atoms with van der Waals surface area (Å²) in [7, 11) is 0. The van der Waals surface area contributed by atoms with E-state index in [4.69, 9.17) is 0 Å². The molecule has 0 spiro atoms. The van der Waals surface area contributed by atoms with Gasteiger partial charge in [0, 0.05) is 12.6 Å². The van der Waals surface area contributed by atoms with Gasteiger partial charge in [0.25, 0.3) is 5.56 Å². The number of aryl methyl sites for hydroxylation is 2. The van der Waals surface area contributed by atoms with Crippen molar-refractivity contribution in [1.29, 1.82) is 0 Å². The highest BCUT2D eigenvalue weighted by Gasteiger charge is 2.04. The molecule has 0 aliphatic carbocycles. The Morgan fingerprint density at radius 1 is 1.24 bits per heavy atom. The van der Waals surface area contributed by atoms with Gasteiger partial charge < -0.3 is 5.32 Å². The van der Waals surface area contributed by atoms with Crippen LogP contribution < -0.4 is 10.9 Å². The Kier molecular flexibility index (Phi) is 4.87. The standard InChI is InChI=1S/C16H19N3O2/c1-12-4-3-5-14(10-12)11-15(20)17-8-9-19-16(21)7-6-13(2)18-19/h3-7,10H,8-9,11H2,1-2H3,(H,17,20). The highest BCUT2D eigenvalue weighted by Crippen LogP contribution is 2.04. The van der Waals surface area contributed by atoms with E-state index in [1.54, 1.807) is 6.07 Å². The minimum atomic E-state index is -0.159. The lowest BCUT2D eigenvalue weighted by atomic mass is 10.1. The van der Waals surface area contributed by atoms with Gasteiger partial charge in [-0.15, -0.1) is 0 Å². The molecule has 0 saturated heterocycles. The summed E-state index contributed by atoms with van der Waals surface area (Å²) in [6, 6.07) is 11.0. The molecule has 2 rings (SSSR count). The van der Waals surface area contributed by atoms with Crippen molar-refractivity contribution in [1.82, 2.24) is 15.1 Å². The summed E-state index contributed by atoms with van der Waals surface area (Å²) >= 11 is 0. The third-order valence-electron chi connectivity index (χ3n) is 3.09. The van der Waals surface area contributed by atoms with Crippen LogP contribution in [-0.2, 0) is 17.8 Å². The number of carbonyl (C=O) groups excluding carboxylic acids is 1. The van der Waals surface area contributed by atoms with Crippen LogP contribution in [0.2, 0.25) is 0 Å². The number of amides is 1. The van der Waals surface area contributed by atoms with E-state index in [-0.39, 0.29) is 11.5 Å². The molecule has 0 fully saturated rings. The van der Waals surface area contributed by atoms with Crippen molar-refractivity contribution in [3.05, 3.63) is 63.6 Å². The SMILES string of the molecule is Cc1cccc(CC(=O)NCCn2nc(C)ccc2=O)c1. The fourth-order valence-electron chi connectivity index (χ4n) is 2.08. The lowest BCUT2D eigenvalue weighted by Crippen LogP contribution is -2.32. The van der Waals surface area contributed by atoms with Crippen LogP contribution in [-0.4, -0.2) is 22.2 Å². The Labute approximate surface area is 123 Å². The minimum Gasteiger partial charge on any atom is -0.354 e. The van der Waals surface area contributed by atoms with Crippen LogP contribution in [0.25, 0.3) is 0 Å². The van der Waals surface area contributed by atoms with Crippen molar-refractivity contribution in [2.75, 3.05) is 6.54 Å². The zero-order valence-corrected chi connectivity index (χ0v) is 12.3. The Morgan fingerprint density at radius 3 is 2.81 bits per heavy atom. The number of carbonyl (C=O) groups is 1. The maximum absolute atomic E-state index is 11.8. The van der Waals surface area contributed by atoms with Crippen molar-refractivity contribution >= 4 is 5.91 Å². The maximum Gasteiger partial charge on any atom is 0.266 e. The molecule has 1 aromatic heterocycles. The number of hydrogen-bond acceptors (Lipinski definition) is 3. The molecule has 5 nitrogen and oxygen atoms in total. The van der Waals surface area contributed by atoms with E-state index >= 15 is 0 Å². The molecule has 1 amide bonds. The zero-order chi connectivity index (χ0) is 15.2. The summed E-state index contributed by atoms with van der Waals surface area (Å²) < 4.78 is 1.36. The Hall–Kier alpha value is -2.43. The molecule has 0 radical (unpaired) electrons. The Balaban J connectivity index is 1.84. The molecule has 5 heteroatoms. The quantitative estimate of drug-likeness (QED) is 0.898. The maximum atomic E-state index is 11.8. The van der Waals surface area contributed by atoms with Crippen LogP contribution in [0.1, 0.15) is 16.8 Å². The topological polar surface area (TPSA) is 64.0 Å². The second-order valence-corrected chi connectivity index (χ2v) is 5.05. The molecule has 1 N–H and O–H groups in total. The molecule has 0 bridgehead atoms. The van der Waals surface area contributed by atoms with E-state index in [1.165, 1.54) is 10.7 Å². The molecule has 21 heavy (non-hydrogen) atoms. The average Bonchev–Trinajstić information content (AvgIpc) is 2.42. The smallest absolute Gasteiger partial charge is 0.266 e. The number of benzene rings is 1. The van der Waals surface area contributed by atoms with Crippen LogP contribution in [0, 0.1) is 13.8 Å². The summed E-state index contributed by atoms with van der Waals surface area (Å²) in [5.41, 5.74) is 2.74. The molecule has 1 heterocycles. The van der Waals surface area contributed by atoms with Crippen LogP contribution >= 0.6 is 0 Å². The molecule has 0 atom stereocenters. The Bertz CT molecular complexity index is 692. The first-order valence-electron chi connectivity index (χ1n) is 6.91. The summed E-state index contributed by atoms with van der Waals surface area (Å²) in [4.78, 5) is 23.4. The second kappa shape index (κ2) is 6.83. The van der Waals surface area contributed by atoms with Crippen molar-refractivity contribution in [2.24, 2.45) is 0 Å². The highest BCUT2D eigenvalue weighted by molar-refractivity contribution is 5.78. The summed E-state index contributed by atoms with van der Waals surface area (Å²) in [5, 5.41) is 6.93. The fourth-order valence-corrected chi connectivity index (χ4v) is 2.08. The molecule has 110 valence electrons. The van der Waals surface area contributed by atoms with Gasteiger partial charge in [0.15, 0.2) is 0 Å². The highest BCUT2D eigenvalue weighted by atomic mass is 16.1. The van der Waals surface area contributed by atoms with Crippen LogP contribution in [0.5, 0.6) is 0 Å². The third kappa shape index (κ3) is 4.56. The normalized spacial score (nSPS) is 10.4. The molecule has 0 unspecified atom stereocenters. The predicted octanol–water partition coefficient (Wildman–Crippen LogP) is 1.22. The summed E-state index contributed by atoms with van der Waals surface area (Å²) in [6.07, 6.45) is 0.345. The van der Waals surface area contributed by atoms with Crippen LogP contribution in [0.3, 0.4) is 0 Å². The lowest BCUT2D eigenvalue weighted by molar-refractivity contribution is -0.120. The van der Waals surface area contributed by atoms with Gasteiger partial charge in [-0.25, -0.2) is 4.68 Å². The second-order valence-electron chi connectivity index (χ2n) is 5.05. The molecule has 0 saturated carbocycles. The first-order chi connectivity index (χ1) is 10.0. The van der Waals surface area contributed by atoms with E-state index in [1.807, 2.05) is 38.1 Å². The molecule has 0 aliphatic rings. The van der Waals surface area contributed by atoms with Gasteiger partial charge >= 0.3 is 0 Å². The summed E-state index contributed by atoms with van der Waals surface area (Å²) in [5.74, 6) is -0.0543. The Morgan fingerprint density at radius 2 is 2.05 bits per heavy atom. The van der Waals surface area contributed by atoms with Crippen molar-refractivity contribution in [2.45, 2.75) is 26.8 Å². The monoisotopic (exact) mass is 285 g/mol. The number of hydrogen-bond donors (Lipinski definition) is 1. The van der Waals surface area contributed by atoms with Crippen molar-refractivity contribution < 1.29 is 4.79 Å². The van der Waals surface area contributed by atoms with E-state index in [2.05, 4.69) is 10.4 Å². The number of aromatic nitrogens is 2. The molecule has 2 aromatic rings. The van der Waals surface area contributed by atoms with Gasteiger partial charge in [-0.3, -0.25) is 9.59 Å².